The van der Waals surface area contributed by atoms with E-state index in [1.54, 1.807) is 6.08 Å². The normalized spacial score (nSPS) is 6.57. The Hall–Kier alpha value is -1.68. The minimum atomic E-state index is -0.412. The lowest BCUT2D eigenvalue weighted by molar-refractivity contribution is -0.136. The van der Waals surface area contributed by atoms with Gasteiger partial charge >= 0.3 is 5.97 Å². The summed E-state index contributed by atoms with van der Waals surface area (Å²) in [5.41, 5.74) is 0. The number of hydrogen-bond acceptors (Lipinski definition) is 3. The zero-order valence-corrected chi connectivity index (χ0v) is 8.07. The van der Waals surface area contributed by atoms with Crippen molar-refractivity contribution in [3.8, 4) is 0 Å². The van der Waals surface area contributed by atoms with Crippen molar-refractivity contribution in [1.29, 1.82) is 0 Å². The van der Waals surface area contributed by atoms with Crippen LogP contribution in [0.5, 0.6) is 0 Å². The van der Waals surface area contributed by atoms with Gasteiger partial charge in [-0.2, -0.15) is 0 Å². The van der Waals surface area contributed by atoms with Crippen molar-refractivity contribution < 1.29 is 19.8 Å². The molecule has 0 aromatic rings. The molecule has 14 heavy (non-hydrogen) atoms. The minimum Gasteiger partial charge on any atom is -0.458 e. The first kappa shape index (κ1) is 18.2. The van der Waals surface area contributed by atoms with Gasteiger partial charge in [0.15, 0.2) is 0 Å². The van der Waals surface area contributed by atoms with Gasteiger partial charge in [-0.3, -0.25) is 0 Å². The summed E-state index contributed by atoms with van der Waals surface area (Å²) in [5.74, 6) is -0.412. The number of carbonyl (C=O) groups excluding carboxylic acids is 2. The van der Waals surface area contributed by atoms with Gasteiger partial charge in [0.1, 0.15) is 12.9 Å². The molecule has 0 aliphatic heterocycles. The van der Waals surface area contributed by atoms with Crippen molar-refractivity contribution in [3.63, 3.8) is 0 Å². The molecule has 0 atom stereocenters. The molecule has 0 saturated heterocycles. The minimum absolute atomic E-state index is 0. The first-order valence-corrected chi connectivity index (χ1v) is 3.67. The molecule has 0 rings (SSSR count). The maximum Gasteiger partial charge on any atom is 0.330 e. The molecule has 0 amide bonds. The van der Waals surface area contributed by atoms with E-state index < -0.39 is 5.97 Å². The van der Waals surface area contributed by atoms with Gasteiger partial charge in [-0.05, 0) is 0 Å². The van der Waals surface area contributed by atoms with Crippen LogP contribution in [0.4, 0.5) is 0 Å². The highest BCUT2D eigenvalue weighted by atomic mass is 16.5. The van der Waals surface area contributed by atoms with Crippen molar-refractivity contribution in [2.75, 3.05) is 6.61 Å². The third kappa shape index (κ3) is 22.4. The van der Waals surface area contributed by atoms with E-state index in [0.29, 0.717) is 6.42 Å². The Balaban J connectivity index is -0.000000177. The smallest absolute Gasteiger partial charge is 0.330 e. The van der Waals surface area contributed by atoms with Crippen LogP contribution in [0.3, 0.4) is 0 Å². The van der Waals surface area contributed by atoms with Gasteiger partial charge < -0.3 is 15.0 Å². The van der Waals surface area contributed by atoms with E-state index in [1.165, 1.54) is 6.08 Å². The van der Waals surface area contributed by atoms with Gasteiger partial charge in [-0.25, -0.2) is 4.79 Å². The molecule has 0 aromatic heterocycles. The molecule has 0 saturated carbocycles. The summed E-state index contributed by atoms with van der Waals surface area (Å²) in [6, 6.07) is 0. The average molecular weight is 200 g/mol. The highest BCUT2D eigenvalue weighted by molar-refractivity contribution is 5.81. The van der Waals surface area contributed by atoms with E-state index in [4.69, 9.17) is 0 Å². The van der Waals surface area contributed by atoms with Crippen molar-refractivity contribution in [3.05, 3.63) is 38.0 Å². The molecular weight excluding hydrogens is 184 g/mol. The first-order chi connectivity index (χ1) is 6.22. The SMILES string of the molecule is C=CCC=O.C=CCOC(=O)C=C.O. The second-order valence-electron chi connectivity index (χ2n) is 1.81. The van der Waals surface area contributed by atoms with Crippen LogP contribution in [0.15, 0.2) is 38.0 Å². The predicted octanol–water partition coefficient (Wildman–Crippen LogP) is 0.838. The molecule has 0 fully saturated rings. The Kier molecular flexibility index (Phi) is 22.6. The zero-order valence-electron chi connectivity index (χ0n) is 8.07. The van der Waals surface area contributed by atoms with Crippen LogP contribution in [0.2, 0.25) is 0 Å². The summed E-state index contributed by atoms with van der Waals surface area (Å²) in [4.78, 5) is 19.5. The second kappa shape index (κ2) is 17.4. The van der Waals surface area contributed by atoms with Crippen molar-refractivity contribution in [2.24, 2.45) is 0 Å². The van der Waals surface area contributed by atoms with E-state index in [2.05, 4.69) is 24.5 Å². The molecular formula is C10H16O4. The number of carbonyl (C=O) groups is 2. The first-order valence-electron chi connectivity index (χ1n) is 3.67. The van der Waals surface area contributed by atoms with Crippen LogP contribution in [0.1, 0.15) is 6.42 Å². The largest absolute Gasteiger partial charge is 0.458 e. The maximum absolute atomic E-state index is 10.2. The fourth-order valence-corrected chi connectivity index (χ4v) is 0.268. The predicted molar refractivity (Wildman–Crippen MR) is 55.8 cm³/mol. The molecule has 80 valence electrons. The highest BCUT2D eigenvalue weighted by Crippen LogP contribution is 1.77. The molecule has 0 bridgehead atoms. The third-order valence-electron chi connectivity index (χ3n) is 0.773. The molecule has 0 aliphatic rings. The fraction of sp³-hybridized carbons (Fsp3) is 0.200. The maximum atomic E-state index is 10.2. The molecule has 0 aromatic carbocycles. The van der Waals surface area contributed by atoms with Crippen LogP contribution in [0, 0.1) is 0 Å². The van der Waals surface area contributed by atoms with Gasteiger partial charge in [-0.1, -0.05) is 25.3 Å². The third-order valence-corrected chi connectivity index (χ3v) is 0.773. The van der Waals surface area contributed by atoms with Crippen LogP contribution >= 0.6 is 0 Å². The fourth-order valence-electron chi connectivity index (χ4n) is 0.268. The number of hydrogen-bond donors (Lipinski definition) is 0. The van der Waals surface area contributed by atoms with Crippen LogP contribution in [0.25, 0.3) is 0 Å². The number of esters is 1. The van der Waals surface area contributed by atoms with E-state index in [1.807, 2.05) is 0 Å². The molecule has 2 N–H and O–H groups in total. The number of ether oxygens (including phenoxy) is 1. The van der Waals surface area contributed by atoms with Gasteiger partial charge in [0.05, 0.1) is 0 Å². The quantitative estimate of drug-likeness (QED) is 0.285. The van der Waals surface area contributed by atoms with Crippen molar-refractivity contribution in [2.45, 2.75) is 6.42 Å². The Morgan fingerprint density at radius 1 is 1.21 bits per heavy atom. The number of rotatable bonds is 5. The number of aldehydes is 1. The summed E-state index contributed by atoms with van der Waals surface area (Å²) in [6.07, 6.45) is 5.46. The van der Waals surface area contributed by atoms with Gasteiger partial charge in [0, 0.05) is 12.5 Å². The zero-order chi connectivity index (χ0) is 10.5. The van der Waals surface area contributed by atoms with Gasteiger partial charge in [0.2, 0.25) is 0 Å². The molecule has 4 heteroatoms. The molecule has 0 unspecified atom stereocenters. The van der Waals surface area contributed by atoms with Crippen molar-refractivity contribution >= 4 is 12.3 Å². The van der Waals surface area contributed by atoms with Crippen LogP contribution < -0.4 is 0 Å². The van der Waals surface area contributed by atoms with E-state index in [0.717, 1.165) is 12.4 Å². The monoisotopic (exact) mass is 200 g/mol. The molecule has 0 spiro atoms. The Morgan fingerprint density at radius 2 is 1.79 bits per heavy atom. The molecule has 4 nitrogen and oxygen atoms in total. The van der Waals surface area contributed by atoms with Crippen LogP contribution in [-0.2, 0) is 14.3 Å². The lowest BCUT2D eigenvalue weighted by Gasteiger charge is -1.92. The second-order valence-corrected chi connectivity index (χ2v) is 1.81. The summed E-state index contributed by atoms with van der Waals surface area (Å²) in [6.45, 7) is 10.1. The van der Waals surface area contributed by atoms with Gasteiger partial charge in [0.25, 0.3) is 0 Å². The van der Waals surface area contributed by atoms with Crippen LogP contribution in [-0.4, -0.2) is 24.3 Å². The standard InChI is InChI=1S/C6H8O2.C4H6O.H2O/c1-3-5-8-6(7)4-2;1-2-3-4-5;/h3-4H,1-2,5H2;2,4H,1,3H2;1H2. The molecule has 0 heterocycles. The van der Waals surface area contributed by atoms with E-state index >= 15 is 0 Å². The lowest BCUT2D eigenvalue weighted by atomic mass is 10.5. The summed E-state index contributed by atoms with van der Waals surface area (Å²) in [5, 5.41) is 0. The highest BCUT2D eigenvalue weighted by Gasteiger charge is 1.87. The topological polar surface area (TPSA) is 74.9 Å². The van der Waals surface area contributed by atoms with Gasteiger partial charge in [-0.15, -0.1) is 6.58 Å². The molecule has 0 aliphatic carbocycles. The van der Waals surface area contributed by atoms with E-state index in [-0.39, 0.29) is 12.1 Å². The summed E-state index contributed by atoms with van der Waals surface area (Å²) < 4.78 is 4.47. The Labute approximate surface area is 83.9 Å². The van der Waals surface area contributed by atoms with E-state index in [9.17, 15) is 9.59 Å². The van der Waals surface area contributed by atoms with Crippen molar-refractivity contribution in [1.82, 2.24) is 0 Å². The Bertz CT molecular complexity index is 179. The summed E-state index contributed by atoms with van der Waals surface area (Å²) in [7, 11) is 0. The lowest BCUT2D eigenvalue weighted by Crippen LogP contribution is -1.98. The average Bonchev–Trinajstić information content (AvgIpc) is 2.16. The molecule has 0 radical (unpaired) electrons. The number of allylic oxidation sites excluding steroid dienone is 1. The Morgan fingerprint density at radius 3 is 2.00 bits per heavy atom. The summed E-state index contributed by atoms with van der Waals surface area (Å²) >= 11 is 0.